The van der Waals surface area contributed by atoms with Gasteiger partial charge in [0.1, 0.15) is 30.2 Å². The van der Waals surface area contributed by atoms with Crippen LogP contribution in [0.4, 0.5) is 0 Å². The molecule has 386 valence electrons. The van der Waals surface area contributed by atoms with E-state index < -0.39 is 157 Å². The molecule has 1 saturated carbocycles. The molecule has 0 aliphatic heterocycles. The van der Waals surface area contributed by atoms with E-state index in [-0.39, 0.29) is 25.2 Å². The second-order valence-electron chi connectivity index (χ2n) is 18.7. The van der Waals surface area contributed by atoms with Crippen LogP contribution >= 0.6 is 0 Å². The monoisotopic (exact) mass is 977 g/mol. The number of nitrogens with two attached hydrogens (primary N) is 2. The molecular formula is C46H72N8O15. The molecule has 23 heteroatoms. The van der Waals surface area contributed by atoms with Gasteiger partial charge in [0.15, 0.2) is 0 Å². The topological polar surface area (TPSA) is 396 Å². The van der Waals surface area contributed by atoms with Gasteiger partial charge in [-0.15, -0.1) is 0 Å². The number of primary amides is 1. The van der Waals surface area contributed by atoms with E-state index in [0.29, 0.717) is 5.56 Å². The minimum Gasteiger partial charge on any atom is -0.481 e. The maximum Gasteiger partial charge on any atom is 0.326 e. The number of carboxylic acid groups (broad SMARTS) is 3. The smallest absolute Gasteiger partial charge is 0.326 e. The zero-order chi connectivity index (χ0) is 52.2. The molecule has 1 aliphatic carbocycles. The predicted molar refractivity (Wildman–Crippen MR) is 247 cm³/mol. The van der Waals surface area contributed by atoms with Crippen LogP contribution < -0.4 is 43.4 Å². The molecule has 1 aliphatic rings. The molecule has 2 rings (SSSR count). The number of hydrogen-bond acceptors (Lipinski definition) is 13. The fourth-order valence-corrected chi connectivity index (χ4v) is 7.91. The highest BCUT2D eigenvalue weighted by molar-refractivity contribution is 5.96. The molecule has 1 fully saturated rings. The fourth-order valence-electron chi connectivity index (χ4n) is 7.91. The largest absolute Gasteiger partial charge is 0.481 e. The van der Waals surface area contributed by atoms with Crippen LogP contribution in [0.2, 0.25) is 0 Å². The van der Waals surface area contributed by atoms with Crippen LogP contribution in [-0.4, -0.2) is 139 Å². The first-order valence-electron chi connectivity index (χ1n) is 23.2. The highest BCUT2D eigenvalue weighted by atomic mass is 16.4. The third kappa shape index (κ3) is 21.3. The highest BCUT2D eigenvalue weighted by Crippen LogP contribution is 2.30. The van der Waals surface area contributed by atoms with Crippen molar-refractivity contribution < 1.29 is 73.5 Å². The number of aliphatic carboxylic acids is 3. The Balaban J connectivity index is 2.32. The molecule has 0 saturated heterocycles. The number of carboxylic acids is 3. The van der Waals surface area contributed by atoms with Crippen molar-refractivity contribution in [2.24, 2.45) is 29.2 Å². The van der Waals surface area contributed by atoms with Gasteiger partial charge in [0.25, 0.3) is 0 Å². The first kappa shape index (κ1) is 58.9. The van der Waals surface area contributed by atoms with E-state index in [1.807, 2.05) is 0 Å². The summed E-state index contributed by atoms with van der Waals surface area (Å²) >= 11 is 0. The van der Waals surface area contributed by atoms with Gasteiger partial charge in [-0.3, -0.25) is 43.2 Å². The van der Waals surface area contributed by atoms with Crippen molar-refractivity contribution in [3.8, 4) is 0 Å². The van der Waals surface area contributed by atoms with E-state index in [1.54, 1.807) is 44.2 Å². The van der Waals surface area contributed by atoms with Crippen molar-refractivity contribution in [2.75, 3.05) is 0 Å². The second-order valence-corrected chi connectivity index (χ2v) is 18.7. The van der Waals surface area contributed by atoms with Crippen LogP contribution in [0, 0.1) is 17.8 Å². The summed E-state index contributed by atoms with van der Waals surface area (Å²) in [5.74, 6) is -12.5. The first-order valence-corrected chi connectivity index (χ1v) is 23.2. The number of aliphatic hydroxyl groups excluding tert-OH is 1. The number of rotatable bonds is 30. The van der Waals surface area contributed by atoms with Crippen LogP contribution in [0.15, 0.2) is 30.3 Å². The molecule has 7 amide bonds. The summed E-state index contributed by atoms with van der Waals surface area (Å²) in [4.78, 5) is 128. The lowest BCUT2D eigenvalue weighted by Crippen LogP contribution is -2.59. The average Bonchev–Trinajstić information content (AvgIpc) is 3.26. The number of nitrogens with one attached hydrogen (secondary N) is 6. The van der Waals surface area contributed by atoms with E-state index in [9.17, 15) is 68.4 Å². The minimum atomic E-state index is -1.87. The zero-order valence-electron chi connectivity index (χ0n) is 39.9. The van der Waals surface area contributed by atoms with Crippen molar-refractivity contribution in [3.63, 3.8) is 0 Å². The lowest BCUT2D eigenvalue weighted by molar-refractivity contribution is -0.143. The summed E-state index contributed by atoms with van der Waals surface area (Å²) in [7, 11) is 0. The Labute approximate surface area is 401 Å². The summed E-state index contributed by atoms with van der Waals surface area (Å²) in [6.07, 6.45) is -0.205. The molecule has 15 N–H and O–H groups in total. The highest BCUT2D eigenvalue weighted by Gasteiger charge is 2.40. The molecule has 23 nitrogen and oxygen atoms in total. The molecule has 69 heavy (non-hydrogen) atoms. The molecular weight excluding hydrogens is 905 g/mol. The van der Waals surface area contributed by atoms with Gasteiger partial charge >= 0.3 is 17.9 Å². The van der Waals surface area contributed by atoms with E-state index in [0.717, 1.165) is 32.1 Å². The third-order valence-corrected chi connectivity index (χ3v) is 12.0. The van der Waals surface area contributed by atoms with Crippen LogP contribution in [-0.2, 0) is 54.4 Å². The Morgan fingerprint density at radius 1 is 0.681 bits per heavy atom. The van der Waals surface area contributed by atoms with Crippen LogP contribution in [0.5, 0.6) is 0 Å². The van der Waals surface area contributed by atoms with E-state index in [2.05, 4.69) is 31.9 Å². The number of carbonyl (C=O) groups excluding carboxylic acids is 7. The Morgan fingerprint density at radius 2 is 1.23 bits per heavy atom. The minimum absolute atomic E-state index is 0.0118. The van der Waals surface area contributed by atoms with Crippen molar-refractivity contribution in [1.29, 1.82) is 0 Å². The molecule has 0 heterocycles. The summed E-state index contributed by atoms with van der Waals surface area (Å²) in [6.45, 7) is 6.98. The molecule has 1 aromatic carbocycles. The van der Waals surface area contributed by atoms with E-state index in [4.69, 9.17) is 16.6 Å². The summed E-state index contributed by atoms with van der Waals surface area (Å²) < 4.78 is 0. The number of carbonyl (C=O) groups is 10. The van der Waals surface area contributed by atoms with Crippen LogP contribution in [0.1, 0.15) is 117 Å². The lowest BCUT2D eigenvalue weighted by atomic mass is 9.79. The van der Waals surface area contributed by atoms with Gasteiger partial charge in [0.05, 0.1) is 36.1 Å². The average molecular weight is 977 g/mol. The Kier molecular flexibility index (Phi) is 24.2. The number of amides is 7. The van der Waals surface area contributed by atoms with E-state index in [1.165, 1.54) is 20.8 Å². The number of hydrogen-bond donors (Lipinski definition) is 13. The normalized spacial score (nSPS) is 16.9. The SMILES string of the molecule is CC(C)[C@H](NC(=O)[C@@H](N)CCC(=O)O)C(=O)N[C@@H](CC(N)=O)C(=O)N[C@@H](CC1CCCCC1)[C@@H](O)C[C@H](C(=O)N[C@@H](C)C(=O)N[C@@H](CCC(=O)O)C(=O)NC(Cc1ccccc1)C(=O)O)C(C)(C)O. The molecule has 9 atom stereocenters. The quantitative estimate of drug-likeness (QED) is 0.0437. The molecule has 1 aromatic rings. The van der Waals surface area contributed by atoms with Crippen molar-refractivity contribution in [2.45, 2.75) is 172 Å². The molecule has 0 radical (unpaired) electrons. The lowest BCUT2D eigenvalue weighted by Gasteiger charge is -2.35. The van der Waals surface area contributed by atoms with E-state index >= 15 is 0 Å². The Bertz CT molecular complexity index is 1940. The maximum atomic E-state index is 14.0. The van der Waals surface area contributed by atoms with Gasteiger partial charge in [-0.1, -0.05) is 76.3 Å². The van der Waals surface area contributed by atoms with Gasteiger partial charge in [-0.2, -0.15) is 0 Å². The van der Waals surface area contributed by atoms with Crippen LogP contribution in [0.25, 0.3) is 0 Å². The summed E-state index contributed by atoms with van der Waals surface area (Å²) in [5, 5.41) is 66.0. The maximum absolute atomic E-state index is 14.0. The Morgan fingerprint density at radius 3 is 1.77 bits per heavy atom. The molecule has 0 spiro atoms. The molecule has 0 aromatic heterocycles. The predicted octanol–water partition coefficient (Wildman–Crippen LogP) is -1.06. The van der Waals surface area contributed by atoms with Gasteiger partial charge in [-0.05, 0) is 63.9 Å². The van der Waals surface area contributed by atoms with Crippen LogP contribution in [0.3, 0.4) is 0 Å². The standard InChI is InChI=1S/C46H72N8O15/c1-24(2)38(54-41(63)29(47)16-18-36(57)58)44(66)52-32(23-35(48)56)43(65)51-31(20-26-12-8-6-9-13-26)34(55)22-28(46(4,5)69)40(62)49-25(3)39(61)50-30(17-19-37(59)60)42(64)53-33(45(67)68)21-27-14-10-7-11-15-27/h7,10-11,14-15,24-26,28-34,38,55,69H,6,8-9,12-13,16-23,47H2,1-5H3,(H2,48,56)(H,49,62)(H,50,61)(H,51,65)(H,52,66)(H,53,64)(H,54,63)(H,57,58)(H,59,60)(H,67,68)/t25-,28+,29-,30-,31-,32-,33?,34-,38-/m0/s1. The van der Waals surface area contributed by atoms with Crippen molar-refractivity contribution >= 4 is 59.3 Å². The van der Waals surface area contributed by atoms with Crippen molar-refractivity contribution in [1.82, 2.24) is 31.9 Å². The van der Waals surface area contributed by atoms with Gasteiger partial charge in [-0.25, -0.2) is 4.79 Å². The first-order chi connectivity index (χ1) is 32.2. The van der Waals surface area contributed by atoms with Crippen molar-refractivity contribution in [3.05, 3.63) is 35.9 Å². The fraction of sp³-hybridized carbons (Fsp3) is 0.652. The summed E-state index contributed by atoms with van der Waals surface area (Å²) in [5.41, 5.74) is 10.0. The number of aliphatic hydroxyl groups is 2. The molecule has 0 bridgehead atoms. The number of benzene rings is 1. The zero-order valence-corrected chi connectivity index (χ0v) is 39.9. The third-order valence-electron chi connectivity index (χ3n) is 12.0. The van der Waals surface area contributed by atoms with Gasteiger partial charge < -0.3 is 68.9 Å². The Hall–Kier alpha value is -6.20. The van der Waals surface area contributed by atoms with Gasteiger partial charge in [0, 0.05) is 19.3 Å². The molecule has 1 unspecified atom stereocenters. The second kappa shape index (κ2) is 28.3. The summed E-state index contributed by atoms with van der Waals surface area (Å²) in [6, 6.07) is -1.38. The van der Waals surface area contributed by atoms with Gasteiger partial charge in [0.2, 0.25) is 41.4 Å².